The van der Waals surface area contributed by atoms with Gasteiger partial charge in [-0.15, -0.1) is 0 Å². The third-order valence-electron chi connectivity index (χ3n) is 1.95. The van der Waals surface area contributed by atoms with Gasteiger partial charge in [0.05, 0.1) is 12.1 Å². The molecular formula is C9H9BrFNO2. The fourth-order valence-corrected chi connectivity index (χ4v) is 1.84. The molecule has 0 spiro atoms. The van der Waals surface area contributed by atoms with Crippen molar-refractivity contribution in [1.82, 2.24) is 4.98 Å². The Morgan fingerprint density at radius 1 is 1.71 bits per heavy atom. The summed E-state index contributed by atoms with van der Waals surface area (Å²) in [4.78, 5) is 14.4. The van der Waals surface area contributed by atoms with E-state index < -0.39 is 17.7 Å². The van der Waals surface area contributed by atoms with Gasteiger partial charge in [0.15, 0.2) is 0 Å². The quantitative estimate of drug-likeness (QED) is 0.910. The smallest absolute Gasteiger partial charge is 0.311 e. The van der Waals surface area contributed by atoms with E-state index in [0.29, 0.717) is 10.9 Å². The van der Waals surface area contributed by atoms with E-state index in [2.05, 4.69) is 20.9 Å². The minimum atomic E-state index is -1.03. The van der Waals surface area contributed by atoms with Gasteiger partial charge in [0.2, 0.25) is 0 Å². The number of hydrogen-bond acceptors (Lipinski definition) is 2. The molecule has 1 heterocycles. The number of hydrogen-bond donors (Lipinski definition) is 1. The van der Waals surface area contributed by atoms with Crippen LogP contribution in [0.3, 0.4) is 0 Å². The molecule has 0 aliphatic rings. The third-order valence-corrected chi connectivity index (χ3v) is 2.58. The van der Waals surface area contributed by atoms with Gasteiger partial charge in [-0.2, -0.15) is 0 Å². The molecule has 1 unspecified atom stereocenters. The molecule has 0 aromatic carbocycles. The van der Waals surface area contributed by atoms with Gasteiger partial charge in [0.1, 0.15) is 5.82 Å². The lowest BCUT2D eigenvalue weighted by atomic mass is 9.97. The minimum Gasteiger partial charge on any atom is -0.481 e. The molecule has 0 amide bonds. The number of pyridine rings is 1. The predicted molar refractivity (Wildman–Crippen MR) is 52.6 cm³/mol. The molecule has 0 bridgehead atoms. The van der Waals surface area contributed by atoms with Crippen LogP contribution in [0.1, 0.15) is 24.8 Å². The Labute approximate surface area is 89.1 Å². The second kappa shape index (κ2) is 4.50. The van der Waals surface area contributed by atoms with Crippen LogP contribution < -0.4 is 0 Å². The van der Waals surface area contributed by atoms with Crippen molar-refractivity contribution in [2.45, 2.75) is 19.3 Å². The standard InChI is InChI=1S/C9H9BrFNO2/c1-2-5(9(13)14)8-6(10)3-12-4-7(8)11/h3-5H,2H2,1H3,(H,13,14). The van der Waals surface area contributed by atoms with Gasteiger partial charge in [-0.25, -0.2) is 4.39 Å². The van der Waals surface area contributed by atoms with Gasteiger partial charge in [-0.3, -0.25) is 9.78 Å². The lowest BCUT2D eigenvalue weighted by Gasteiger charge is -2.12. The van der Waals surface area contributed by atoms with Crippen molar-refractivity contribution in [2.75, 3.05) is 0 Å². The summed E-state index contributed by atoms with van der Waals surface area (Å²) >= 11 is 3.09. The zero-order valence-corrected chi connectivity index (χ0v) is 9.08. The lowest BCUT2D eigenvalue weighted by Crippen LogP contribution is -2.13. The van der Waals surface area contributed by atoms with Crippen LogP contribution in [0.15, 0.2) is 16.9 Å². The number of aromatic nitrogens is 1. The molecule has 3 nitrogen and oxygen atoms in total. The van der Waals surface area contributed by atoms with Crippen molar-refractivity contribution in [3.05, 3.63) is 28.2 Å². The average Bonchev–Trinajstić information content (AvgIpc) is 2.10. The van der Waals surface area contributed by atoms with Gasteiger partial charge < -0.3 is 5.11 Å². The fraction of sp³-hybridized carbons (Fsp3) is 0.333. The Morgan fingerprint density at radius 3 is 2.79 bits per heavy atom. The van der Waals surface area contributed by atoms with Crippen LogP contribution in [-0.4, -0.2) is 16.1 Å². The van der Waals surface area contributed by atoms with Gasteiger partial charge in [-0.05, 0) is 22.4 Å². The number of nitrogens with zero attached hydrogens (tertiary/aromatic N) is 1. The van der Waals surface area contributed by atoms with Crippen LogP contribution >= 0.6 is 15.9 Å². The van der Waals surface area contributed by atoms with Crippen molar-refractivity contribution < 1.29 is 14.3 Å². The maximum absolute atomic E-state index is 13.3. The predicted octanol–water partition coefficient (Wildman–Crippen LogP) is 2.56. The maximum atomic E-state index is 13.3. The second-order valence-electron chi connectivity index (χ2n) is 2.82. The molecule has 5 heteroatoms. The summed E-state index contributed by atoms with van der Waals surface area (Å²) in [5.41, 5.74) is 0.162. The first-order chi connectivity index (χ1) is 6.57. The van der Waals surface area contributed by atoms with Crippen LogP contribution in [0, 0.1) is 5.82 Å². The molecule has 0 radical (unpaired) electrons. The first kappa shape index (κ1) is 11.1. The maximum Gasteiger partial charge on any atom is 0.311 e. The van der Waals surface area contributed by atoms with Crippen molar-refractivity contribution in [2.24, 2.45) is 0 Å². The van der Waals surface area contributed by atoms with Crippen LogP contribution in [0.4, 0.5) is 4.39 Å². The average molecular weight is 262 g/mol. The zero-order chi connectivity index (χ0) is 10.7. The van der Waals surface area contributed by atoms with Crippen LogP contribution in [-0.2, 0) is 4.79 Å². The first-order valence-corrected chi connectivity index (χ1v) is 4.89. The molecule has 14 heavy (non-hydrogen) atoms. The highest BCUT2D eigenvalue weighted by Crippen LogP contribution is 2.29. The topological polar surface area (TPSA) is 50.2 Å². The summed E-state index contributed by atoms with van der Waals surface area (Å²) in [5.74, 6) is -2.45. The van der Waals surface area contributed by atoms with E-state index in [-0.39, 0.29) is 5.56 Å². The highest BCUT2D eigenvalue weighted by atomic mass is 79.9. The Kier molecular flexibility index (Phi) is 3.57. The van der Waals surface area contributed by atoms with E-state index in [0.717, 1.165) is 6.20 Å². The van der Waals surface area contributed by atoms with Gasteiger partial charge in [-0.1, -0.05) is 6.92 Å². The molecular weight excluding hydrogens is 253 g/mol. The molecule has 76 valence electrons. The van der Waals surface area contributed by atoms with Gasteiger partial charge in [0, 0.05) is 16.2 Å². The zero-order valence-electron chi connectivity index (χ0n) is 7.50. The molecule has 0 aliphatic carbocycles. The number of aliphatic carboxylic acids is 1. The Balaban J connectivity index is 3.22. The number of carbonyl (C=O) groups is 1. The fourth-order valence-electron chi connectivity index (χ4n) is 1.26. The van der Waals surface area contributed by atoms with Crippen molar-refractivity contribution >= 4 is 21.9 Å². The summed E-state index contributed by atoms with van der Waals surface area (Å²) in [6.07, 6.45) is 2.75. The van der Waals surface area contributed by atoms with E-state index in [9.17, 15) is 9.18 Å². The molecule has 1 N–H and O–H groups in total. The highest BCUT2D eigenvalue weighted by Gasteiger charge is 2.23. The van der Waals surface area contributed by atoms with Crippen molar-refractivity contribution in [3.63, 3.8) is 0 Å². The summed E-state index contributed by atoms with van der Waals surface area (Å²) in [7, 11) is 0. The Morgan fingerprint density at radius 2 is 2.36 bits per heavy atom. The van der Waals surface area contributed by atoms with Crippen LogP contribution in [0.25, 0.3) is 0 Å². The molecule has 0 saturated carbocycles. The lowest BCUT2D eigenvalue weighted by molar-refractivity contribution is -0.138. The molecule has 1 rings (SSSR count). The Bertz CT molecular complexity index is 336. The number of halogens is 2. The summed E-state index contributed by atoms with van der Waals surface area (Å²) < 4.78 is 13.7. The van der Waals surface area contributed by atoms with Crippen LogP contribution in [0.2, 0.25) is 0 Å². The number of carboxylic acid groups (broad SMARTS) is 1. The molecule has 0 aliphatic heterocycles. The highest BCUT2D eigenvalue weighted by molar-refractivity contribution is 9.10. The number of carboxylic acids is 1. The largest absolute Gasteiger partial charge is 0.481 e. The SMILES string of the molecule is CCC(C(=O)O)c1c(F)cncc1Br. The normalized spacial score (nSPS) is 12.5. The summed E-state index contributed by atoms with van der Waals surface area (Å²) in [6.45, 7) is 1.70. The Hall–Kier alpha value is -0.970. The monoisotopic (exact) mass is 261 g/mol. The summed E-state index contributed by atoms with van der Waals surface area (Å²) in [5, 5.41) is 8.87. The molecule has 1 atom stereocenters. The number of rotatable bonds is 3. The van der Waals surface area contributed by atoms with E-state index >= 15 is 0 Å². The van der Waals surface area contributed by atoms with E-state index in [1.165, 1.54) is 6.20 Å². The van der Waals surface area contributed by atoms with Gasteiger partial charge >= 0.3 is 5.97 Å². The van der Waals surface area contributed by atoms with Crippen molar-refractivity contribution in [1.29, 1.82) is 0 Å². The molecule has 1 aromatic heterocycles. The van der Waals surface area contributed by atoms with E-state index in [1.807, 2.05) is 0 Å². The minimum absolute atomic E-state index is 0.162. The van der Waals surface area contributed by atoms with Crippen molar-refractivity contribution in [3.8, 4) is 0 Å². The van der Waals surface area contributed by atoms with Crippen LogP contribution in [0.5, 0.6) is 0 Å². The molecule has 0 fully saturated rings. The first-order valence-electron chi connectivity index (χ1n) is 4.09. The van der Waals surface area contributed by atoms with E-state index in [4.69, 9.17) is 5.11 Å². The van der Waals surface area contributed by atoms with E-state index in [1.54, 1.807) is 6.92 Å². The third kappa shape index (κ3) is 2.09. The molecule has 0 saturated heterocycles. The second-order valence-corrected chi connectivity index (χ2v) is 3.67. The van der Waals surface area contributed by atoms with Gasteiger partial charge in [0.25, 0.3) is 0 Å². The summed E-state index contributed by atoms with van der Waals surface area (Å²) in [6, 6.07) is 0. The molecule has 1 aromatic rings.